The van der Waals surface area contributed by atoms with Crippen LogP contribution in [0.25, 0.3) is 0 Å². The maximum Gasteiger partial charge on any atom is 0.311 e. The van der Waals surface area contributed by atoms with Crippen LogP contribution >= 0.6 is 0 Å². The molecule has 0 aliphatic carbocycles. The van der Waals surface area contributed by atoms with Gasteiger partial charge in [0, 0.05) is 5.92 Å². The van der Waals surface area contributed by atoms with Gasteiger partial charge in [0.1, 0.15) is 0 Å². The van der Waals surface area contributed by atoms with E-state index in [-0.39, 0.29) is 30.2 Å². The number of hydrogen-bond donors (Lipinski definition) is 0. The molecule has 0 aromatic heterocycles. The second-order valence-electron chi connectivity index (χ2n) is 5.86. The van der Waals surface area contributed by atoms with Gasteiger partial charge in [-0.1, -0.05) is 41.0 Å². The Morgan fingerprint density at radius 3 is 2.33 bits per heavy atom. The van der Waals surface area contributed by atoms with Crippen molar-refractivity contribution in [2.45, 2.75) is 66.8 Å². The molecule has 3 heteroatoms. The van der Waals surface area contributed by atoms with Gasteiger partial charge in [-0.15, -0.1) is 0 Å². The molecule has 1 saturated heterocycles. The lowest BCUT2D eigenvalue weighted by Crippen LogP contribution is -2.47. The second kappa shape index (κ2) is 6.55. The molecule has 0 amide bonds. The summed E-state index contributed by atoms with van der Waals surface area (Å²) in [4.78, 5) is 12.1. The van der Waals surface area contributed by atoms with E-state index in [0.717, 1.165) is 12.8 Å². The van der Waals surface area contributed by atoms with E-state index in [1.54, 1.807) is 0 Å². The van der Waals surface area contributed by atoms with Crippen molar-refractivity contribution >= 4 is 5.97 Å². The van der Waals surface area contributed by atoms with Crippen LogP contribution in [0.3, 0.4) is 0 Å². The number of cyclic esters (lactones) is 1. The molecule has 1 aliphatic heterocycles. The van der Waals surface area contributed by atoms with Gasteiger partial charge >= 0.3 is 5.97 Å². The molecule has 1 rings (SSSR count). The molecule has 1 aliphatic rings. The first-order chi connectivity index (χ1) is 8.42. The van der Waals surface area contributed by atoms with Crippen LogP contribution in [0.5, 0.6) is 0 Å². The van der Waals surface area contributed by atoms with Crippen LogP contribution in [0.1, 0.15) is 54.4 Å². The summed E-state index contributed by atoms with van der Waals surface area (Å²) < 4.78 is 11.4. The van der Waals surface area contributed by atoms with Crippen molar-refractivity contribution in [2.24, 2.45) is 23.7 Å². The van der Waals surface area contributed by atoms with Crippen LogP contribution in [-0.2, 0) is 14.3 Å². The van der Waals surface area contributed by atoms with Crippen molar-refractivity contribution in [1.82, 2.24) is 0 Å². The Labute approximate surface area is 111 Å². The number of ether oxygens (including phenoxy) is 2. The van der Waals surface area contributed by atoms with Gasteiger partial charge in [0.05, 0.1) is 12.0 Å². The molecule has 0 radical (unpaired) electrons. The van der Waals surface area contributed by atoms with E-state index >= 15 is 0 Å². The first kappa shape index (κ1) is 15.5. The lowest BCUT2D eigenvalue weighted by Gasteiger charge is -2.42. The molecule has 0 saturated carbocycles. The number of hydrogen-bond acceptors (Lipinski definition) is 3. The number of carbonyl (C=O) groups is 1. The van der Waals surface area contributed by atoms with Crippen LogP contribution in [0.2, 0.25) is 0 Å². The second-order valence-corrected chi connectivity index (χ2v) is 5.86. The van der Waals surface area contributed by atoms with E-state index in [4.69, 9.17) is 9.47 Å². The zero-order valence-electron chi connectivity index (χ0n) is 12.6. The van der Waals surface area contributed by atoms with Crippen LogP contribution in [0, 0.1) is 23.7 Å². The van der Waals surface area contributed by atoms with Gasteiger partial charge in [0.15, 0.2) is 0 Å². The Morgan fingerprint density at radius 2 is 1.89 bits per heavy atom. The van der Waals surface area contributed by atoms with Crippen LogP contribution in [0.15, 0.2) is 0 Å². The first-order valence-electron chi connectivity index (χ1n) is 7.28. The third kappa shape index (κ3) is 3.25. The monoisotopic (exact) mass is 256 g/mol. The zero-order valence-corrected chi connectivity index (χ0v) is 12.6. The highest BCUT2D eigenvalue weighted by Crippen LogP contribution is 2.39. The molecule has 5 atom stereocenters. The van der Waals surface area contributed by atoms with Gasteiger partial charge in [0.2, 0.25) is 6.29 Å². The van der Waals surface area contributed by atoms with Gasteiger partial charge in [-0.05, 0) is 25.2 Å². The summed E-state index contributed by atoms with van der Waals surface area (Å²) in [7, 11) is 0. The maximum atomic E-state index is 12.1. The largest absolute Gasteiger partial charge is 0.435 e. The molecule has 0 N–H and O–H groups in total. The van der Waals surface area contributed by atoms with Gasteiger partial charge in [-0.3, -0.25) is 4.79 Å². The molecular weight excluding hydrogens is 228 g/mol. The highest BCUT2D eigenvalue weighted by molar-refractivity contribution is 5.74. The van der Waals surface area contributed by atoms with Crippen molar-refractivity contribution in [2.75, 3.05) is 0 Å². The Hall–Kier alpha value is -0.570. The maximum absolute atomic E-state index is 12.1. The van der Waals surface area contributed by atoms with Crippen LogP contribution < -0.4 is 0 Å². The Balaban J connectivity index is 2.80. The lowest BCUT2D eigenvalue weighted by molar-refractivity contribution is -0.234. The van der Waals surface area contributed by atoms with Crippen molar-refractivity contribution in [3.63, 3.8) is 0 Å². The summed E-state index contributed by atoms with van der Waals surface area (Å²) in [5.74, 6) is 0.897. The Kier molecular flexibility index (Phi) is 5.64. The molecule has 0 spiro atoms. The summed E-state index contributed by atoms with van der Waals surface area (Å²) in [5, 5.41) is 0. The van der Waals surface area contributed by atoms with Gasteiger partial charge in [-0.25, -0.2) is 0 Å². The van der Waals surface area contributed by atoms with E-state index in [2.05, 4.69) is 34.6 Å². The third-order valence-corrected chi connectivity index (χ3v) is 4.20. The summed E-state index contributed by atoms with van der Waals surface area (Å²) in [6, 6.07) is 0. The standard InChI is InChI=1S/C15H28O3/c1-7-10(5)17-15-11(6)12(8-2)13(9(3)4)14(16)18-15/h9-13,15H,7-8H2,1-6H3/t10?,11?,12-,13-,15?/m1/s1. The summed E-state index contributed by atoms with van der Waals surface area (Å²) in [6.45, 7) is 12.6. The van der Waals surface area contributed by atoms with Crippen molar-refractivity contribution in [1.29, 1.82) is 0 Å². The quantitative estimate of drug-likeness (QED) is 0.705. The van der Waals surface area contributed by atoms with Crippen molar-refractivity contribution in [3.8, 4) is 0 Å². The zero-order chi connectivity index (χ0) is 13.9. The Bertz CT molecular complexity index is 275. The molecular formula is C15H28O3. The minimum absolute atomic E-state index is 0.0155. The molecule has 0 aromatic carbocycles. The van der Waals surface area contributed by atoms with Crippen molar-refractivity contribution < 1.29 is 14.3 Å². The van der Waals surface area contributed by atoms with Crippen LogP contribution in [0.4, 0.5) is 0 Å². The highest BCUT2D eigenvalue weighted by Gasteiger charge is 2.44. The molecule has 3 nitrogen and oxygen atoms in total. The first-order valence-corrected chi connectivity index (χ1v) is 7.28. The van der Waals surface area contributed by atoms with Crippen LogP contribution in [-0.4, -0.2) is 18.4 Å². The predicted molar refractivity (Wildman–Crippen MR) is 72.0 cm³/mol. The van der Waals surface area contributed by atoms with E-state index in [9.17, 15) is 4.79 Å². The summed E-state index contributed by atoms with van der Waals surface area (Å²) in [6.07, 6.45) is 1.70. The fourth-order valence-corrected chi connectivity index (χ4v) is 2.87. The van der Waals surface area contributed by atoms with Gasteiger partial charge in [-0.2, -0.15) is 0 Å². The van der Waals surface area contributed by atoms with E-state index < -0.39 is 0 Å². The molecule has 0 bridgehead atoms. The van der Waals surface area contributed by atoms with Gasteiger partial charge < -0.3 is 9.47 Å². The molecule has 1 heterocycles. The predicted octanol–water partition coefficient (Wildman–Crippen LogP) is 3.62. The number of carbonyl (C=O) groups excluding carboxylic acids is 1. The third-order valence-electron chi connectivity index (χ3n) is 4.20. The van der Waals surface area contributed by atoms with Crippen molar-refractivity contribution in [3.05, 3.63) is 0 Å². The number of esters is 1. The normalized spacial score (nSPS) is 34.5. The topological polar surface area (TPSA) is 35.5 Å². The summed E-state index contributed by atoms with van der Waals surface area (Å²) >= 11 is 0. The van der Waals surface area contributed by atoms with E-state index in [1.165, 1.54) is 0 Å². The number of rotatable bonds is 5. The smallest absolute Gasteiger partial charge is 0.311 e. The molecule has 0 aromatic rings. The fraction of sp³-hybridized carbons (Fsp3) is 0.933. The minimum Gasteiger partial charge on any atom is -0.435 e. The molecule has 106 valence electrons. The Morgan fingerprint density at radius 1 is 1.28 bits per heavy atom. The molecule has 3 unspecified atom stereocenters. The fourth-order valence-electron chi connectivity index (χ4n) is 2.87. The average molecular weight is 256 g/mol. The minimum atomic E-state index is -0.368. The summed E-state index contributed by atoms with van der Waals surface area (Å²) in [5.41, 5.74) is 0. The van der Waals surface area contributed by atoms with Gasteiger partial charge in [0.25, 0.3) is 0 Å². The highest BCUT2D eigenvalue weighted by atomic mass is 16.7. The lowest BCUT2D eigenvalue weighted by atomic mass is 9.73. The average Bonchev–Trinajstić information content (AvgIpc) is 2.31. The van der Waals surface area contributed by atoms with E-state index in [1.807, 2.05) is 6.92 Å². The molecule has 18 heavy (non-hydrogen) atoms. The molecule has 1 fully saturated rings. The SMILES string of the molecule is CCC(C)OC1OC(=O)[C@H](C(C)C)[C@H](CC)C1C. The van der Waals surface area contributed by atoms with E-state index in [0.29, 0.717) is 11.8 Å².